The Kier molecular flexibility index (Phi) is 21.5. The fraction of sp³-hybridized carbons (Fsp3) is 0.778. The van der Waals surface area contributed by atoms with E-state index < -0.39 is 24.1 Å². The molecule has 208 valence electrons. The number of carboxylic acid groups (broad SMARTS) is 1. The van der Waals surface area contributed by atoms with Gasteiger partial charge in [-0.15, -0.1) is 0 Å². The molecule has 2 atom stereocenters. The second-order valence-corrected chi connectivity index (χ2v) is 9.19. The standard InChI is InChI=1S/C27H48N2O7/c1-3-4-11-16-24(36-27(35)19-14-18-26(33)34)23(31)15-12-9-7-5-6-8-10-13-17-25(32)29-21-20-28-22(2)30/h9,12,23-24,31H,3-8,10-11,13-21H2,1-2H3,(H,28,30)(H,29,32)(H,33,34). The van der Waals surface area contributed by atoms with Crippen molar-refractivity contribution < 1.29 is 34.1 Å². The SMILES string of the molecule is CCCCCC(OC(=O)CCCC(=O)O)C(O)CC=CCCCCCCCC(=O)NCCNC(C)=O. The fourth-order valence-electron chi connectivity index (χ4n) is 3.65. The van der Waals surface area contributed by atoms with Crippen molar-refractivity contribution in [2.45, 2.75) is 122 Å². The Morgan fingerprint density at radius 2 is 1.53 bits per heavy atom. The molecule has 0 aromatic carbocycles. The van der Waals surface area contributed by atoms with Gasteiger partial charge in [0.25, 0.3) is 0 Å². The summed E-state index contributed by atoms with van der Waals surface area (Å²) in [6.45, 7) is 4.43. The Labute approximate surface area is 216 Å². The molecule has 4 N–H and O–H groups in total. The van der Waals surface area contributed by atoms with Crippen LogP contribution in [0.4, 0.5) is 0 Å². The number of esters is 1. The first-order valence-electron chi connectivity index (χ1n) is 13.5. The van der Waals surface area contributed by atoms with Gasteiger partial charge in [0.15, 0.2) is 0 Å². The molecule has 0 fully saturated rings. The van der Waals surface area contributed by atoms with Crippen molar-refractivity contribution in [3.8, 4) is 0 Å². The molecule has 0 radical (unpaired) electrons. The molecule has 2 amide bonds. The lowest BCUT2D eigenvalue weighted by molar-refractivity contribution is -0.155. The molecule has 0 bridgehead atoms. The minimum absolute atomic E-state index is 0.0146. The number of hydrogen-bond donors (Lipinski definition) is 4. The summed E-state index contributed by atoms with van der Waals surface area (Å²) in [4.78, 5) is 45.1. The van der Waals surface area contributed by atoms with E-state index in [1.54, 1.807) is 0 Å². The number of carbonyl (C=O) groups is 4. The van der Waals surface area contributed by atoms with Crippen LogP contribution in [0.5, 0.6) is 0 Å². The molecule has 0 aliphatic heterocycles. The van der Waals surface area contributed by atoms with Gasteiger partial charge in [-0.05, 0) is 44.9 Å². The lowest BCUT2D eigenvalue weighted by Gasteiger charge is -2.22. The van der Waals surface area contributed by atoms with Crippen LogP contribution in [0.3, 0.4) is 0 Å². The van der Waals surface area contributed by atoms with Crippen molar-refractivity contribution in [1.29, 1.82) is 0 Å². The lowest BCUT2D eigenvalue weighted by Crippen LogP contribution is -2.33. The van der Waals surface area contributed by atoms with E-state index in [0.29, 0.717) is 32.4 Å². The van der Waals surface area contributed by atoms with Crippen molar-refractivity contribution in [3.63, 3.8) is 0 Å². The molecule has 0 spiro atoms. The number of carboxylic acids is 1. The number of allylic oxidation sites excluding steroid dienone is 1. The average molecular weight is 513 g/mol. The summed E-state index contributed by atoms with van der Waals surface area (Å²) in [6, 6.07) is 0. The monoisotopic (exact) mass is 512 g/mol. The summed E-state index contributed by atoms with van der Waals surface area (Å²) in [5.41, 5.74) is 0. The van der Waals surface area contributed by atoms with E-state index in [9.17, 15) is 24.3 Å². The van der Waals surface area contributed by atoms with Crippen molar-refractivity contribution in [2.75, 3.05) is 13.1 Å². The van der Waals surface area contributed by atoms with Crippen LogP contribution < -0.4 is 10.6 Å². The van der Waals surface area contributed by atoms with E-state index >= 15 is 0 Å². The van der Waals surface area contributed by atoms with Crippen LogP contribution >= 0.6 is 0 Å². The topological polar surface area (TPSA) is 142 Å². The quantitative estimate of drug-likeness (QED) is 0.0920. The molecular weight excluding hydrogens is 464 g/mol. The van der Waals surface area contributed by atoms with E-state index in [1.807, 2.05) is 12.2 Å². The number of aliphatic hydroxyl groups is 1. The summed E-state index contributed by atoms with van der Waals surface area (Å²) in [6.07, 6.45) is 13.2. The van der Waals surface area contributed by atoms with Crippen LogP contribution in [-0.2, 0) is 23.9 Å². The Morgan fingerprint density at radius 1 is 0.833 bits per heavy atom. The third kappa shape index (κ3) is 22.1. The first-order chi connectivity index (χ1) is 17.3. The van der Waals surface area contributed by atoms with Gasteiger partial charge in [-0.2, -0.15) is 0 Å². The third-order valence-corrected chi connectivity index (χ3v) is 5.72. The summed E-state index contributed by atoms with van der Waals surface area (Å²) < 4.78 is 5.47. The van der Waals surface area contributed by atoms with E-state index in [2.05, 4.69) is 17.6 Å². The molecular formula is C27H48N2O7. The summed E-state index contributed by atoms with van der Waals surface area (Å²) in [5, 5.41) is 24.6. The normalized spacial score (nSPS) is 12.8. The highest BCUT2D eigenvalue weighted by atomic mass is 16.6. The second kappa shape index (κ2) is 23.0. The van der Waals surface area contributed by atoms with Crippen LogP contribution in [0.2, 0.25) is 0 Å². The van der Waals surface area contributed by atoms with Crippen LogP contribution in [0.25, 0.3) is 0 Å². The molecule has 2 unspecified atom stereocenters. The molecule has 36 heavy (non-hydrogen) atoms. The van der Waals surface area contributed by atoms with Gasteiger partial charge in [-0.1, -0.05) is 51.2 Å². The van der Waals surface area contributed by atoms with E-state index in [0.717, 1.165) is 57.8 Å². The van der Waals surface area contributed by atoms with Gasteiger partial charge in [-0.3, -0.25) is 19.2 Å². The molecule has 0 saturated carbocycles. The maximum atomic E-state index is 12.0. The van der Waals surface area contributed by atoms with Gasteiger partial charge in [0.05, 0.1) is 6.10 Å². The number of nitrogens with one attached hydrogen (secondary N) is 2. The maximum Gasteiger partial charge on any atom is 0.306 e. The van der Waals surface area contributed by atoms with Crippen LogP contribution in [0, 0.1) is 0 Å². The van der Waals surface area contributed by atoms with Crippen LogP contribution in [0.15, 0.2) is 12.2 Å². The molecule has 0 aromatic heterocycles. The number of aliphatic hydroxyl groups excluding tert-OH is 1. The zero-order valence-corrected chi connectivity index (χ0v) is 22.3. The number of carbonyl (C=O) groups excluding carboxylic acids is 3. The Balaban J connectivity index is 4.00. The average Bonchev–Trinajstić information content (AvgIpc) is 2.82. The Bertz CT molecular complexity index is 652. The molecule has 0 aromatic rings. The Morgan fingerprint density at radius 3 is 2.22 bits per heavy atom. The summed E-state index contributed by atoms with van der Waals surface area (Å²) >= 11 is 0. The number of ether oxygens (including phenoxy) is 1. The number of unbranched alkanes of at least 4 members (excludes halogenated alkanes) is 7. The minimum Gasteiger partial charge on any atom is -0.481 e. The van der Waals surface area contributed by atoms with Crippen molar-refractivity contribution >= 4 is 23.8 Å². The zero-order valence-electron chi connectivity index (χ0n) is 22.3. The number of hydrogen-bond acceptors (Lipinski definition) is 6. The van der Waals surface area contributed by atoms with Gasteiger partial charge < -0.3 is 25.6 Å². The van der Waals surface area contributed by atoms with E-state index in [4.69, 9.17) is 9.84 Å². The van der Waals surface area contributed by atoms with Crippen LogP contribution in [0.1, 0.15) is 110 Å². The Hall–Kier alpha value is -2.42. The molecule has 0 saturated heterocycles. The lowest BCUT2D eigenvalue weighted by atomic mass is 10.0. The van der Waals surface area contributed by atoms with Gasteiger partial charge >= 0.3 is 11.9 Å². The van der Waals surface area contributed by atoms with E-state index in [1.165, 1.54) is 6.92 Å². The fourth-order valence-corrected chi connectivity index (χ4v) is 3.65. The smallest absolute Gasteiger partial charge is 0.306 e. The van der Waals surface area contributed by atoms with Crippen molar-refractivity contribution in [3.05, 3.63) is 12.2 Å². The predicted octanol–water partition coefficient (Wildman–Crippen LogP) is 4.02. The second-order valence-electron chi connectivity index (χ2n) is 9.19. The first-order valence-corrected chi connectivity index (χ1v) is 13.5. The molecule has 9 nitrogen and oxygen atoms in total. The van der Waals surface area contributed by atoms with Crippen molar-refractivity contribution in [1.82, 2.24) is 10.6 Å². The highest BCUT2D eigenvalue weighted by Gasteiger charge is 2.22. The number of rotatable bonds is 23. The molecule has 0 rings (SSSR count). The van der Waals surface area contributed by atoms with E-state index in [-0.39, 0.29) is 31.1 Å². The van der Waals surface area contributed by atoms with Crippen LogP contribution in [-0.4, -0.2) is 59.3 Å². The van der Waals surface area contributed by atoms with Gasteiger partial charge in [0.2, 0.25) is 11.8 Å². The third-order valence-electron chi connectivity index (χ3n) is 5.72. The molecule has 9 heteroatoms. The molecule has 0 aliphatic rings. The van der Waals surface area contributed by atoms with Gasteiger partial charge in [0, 0.05) is 39.3 Å². The highest BCUT2D eigenvalue weighted by molar-refractivity contribution is 5.76. The highest BCUT2D eigenvalue weighted by Crippen LogP contribution is 2.16. The van der Waals surface area contributed by atoms with Gasteiger partial charge in [-0.25, -0.2) is 0 Å². The van der Waals surface area contributed by atoms with Gasteiger partial charge in [0.1, 0.15) is 6.10 Å². The zero-order chi connectivity index (χ0) is 27.0. The predicted molar refractivity (Wildman–Crippen MR) is 139 cm³/mol. The maximum absolute atomic E-state index is 12.0. The largest absolute Gasteiger partial charge is 0.481 e. The molecule has 0 aliphatic carbocycles. The summed E-state index contributed by atoms with van der Waals surface area (Å²) in [5.74, 6) is -1.48. The minimum atomic E-state index is -0.938. The summed E-state index contributed by atoms with van der Waals surface area (Å²) in [7, 11) is 0. The number of aliphatic carboxylic acids is 1. The number of amides is 2. The van der Waals surface area contributed by atoms with Crippen molar-refractivity contribution in [2.24, 2.45) is 0 Å². The molecule has 0 heterocycles. The first kappa shape index (κ1) is 33.6.